The number of carbonyl (C=O) groups is 1. The summed E-state index contributed by atoms with van der Waals surface area (Å²) in [6.45, 7) is 1.66. The van der Waals surface area contributed by atoms with Crippen molar-refractivity contribution in [1.82, 2.24) is 4.57 Å². The first-order valence-electron chi connectivity index (χ1n) is 6.71. The van der Waals surface area contributed by atoms with Crippen LogP contribution >= 0.6 is 11.3 Å². The van der Waals surface area contributed by atoms with Crippen molar-refractivity contribution in [2.75, 3.05) is 7.11 Å². The highest BCUT2D eigenvalue weighted by atomic mass is 32.1. The van der Waals surface area contributed by atoms with Crippen LogP contribution in [0.4, 0.5) is 13.2 Å². The maximum Gasteiger partial charge on any atom is 0.272 e. The van der Waals surface area contributed by atoms with Gasteiger partial charge >= 0.3 is 0 Å². The van der Waals surface area contributed by atoms with Gasteiger partial charge in [0.1, 0.15) is 0 Å². The molecule has 1 aromatic carbocycles. The fraction of sp³-hybridized carbons (Fsp3) is 0.188. The molecule has 0 bridgehead atoms. The van der Waals surface area contributed by atoms with Crippen LogP contribution < -0.4 is 4.74 Å². The third kappa shape index (κ3) is 2.50. The van der Waals surface area contributed by atoms with Crippen molar-refractivity contribution in [3.8, 4) is 5.75 Å². The van der Waals surface area contributed by atoms with E-state index in [4.69, 9.17) is 4.74 Å². The van der Waals surface area contributed by atoms with Crippen molar-refractivity contribution in [1.29, 1.82) is 0 Å². The van der Waals surface area contributed by atoms with Crippen molar-refractivity contribution < 1.29 is 22.7 Å². The number of alkyl halides is 2. The molecule has 2 aromatic heterocycles. The Hall–Kier alpha value is -2.28. The van der Waals surface area contributed by atoms with Gasteiger partial charge in [-0.05, 0) is 37.3 Å². The average molecular weight is 339 g/mol. The summed E-state index contributed by atoms with van der Waals surface area (Å²) in [7, 11) is 1.36. The van der Waals surface area contributed by atoms with Gasteiger partial charge in [0.15, 0.2) is 11.6 Å². The van der Waals surface area contributed by atoms with Gasteiger partial charge in [-0.1, -0.05) is 0 Å². The van der Waals surface area contributed by atoms with Crippen LogP contribution in [-0.4, -0.2) is 17.6 Å². The molecule has 0 atom stereocenters. The van der Waals surface area contributed by atoms with Crippen LogP contribution in [0.2, 0.25) is 0 Å². The molecule has 3 rings (SSSR count). The van der Waals surface area contributed by atoms with Crippen LogP contribution in [0.25, 0.3) is 10.9 Å². The predicted molar refractivity (Wildman–Crippen MR) is 82.2 cm³/mol. The lowest BCUT2D eigenvalue weighted by Gasteiger charge is -2.06. The molecule has 0 aliphatic carbocycles. The fourth-order valence-electron chi connectivity index (χ4n) is 2.48. The summed E-state index contributed by atoms with van der Waals surface area (Å²) in [5, 5.41) is 0.251. The molecular formula is C16H12F3NO2S. The van der Waals surface area contributed by atoms with E-state index in [9.17, 15) is 18.0 Å². The molecule has 120 valence electrons. The van der Waals surface area contributed by atoms with Crippen LogP contribution in [-0.2, 0) is 0 Å². The smallest absolute Gasteiger partial charge is 0.272 e. The number of halogens is 3. The first-order valence-corrected chi connectivity index (χ1v) is 7.52. The summed E-state index contributed by atoms with van der Waals surface area (Å²) < 4.78 is 45.9. The standard InChI is InChI=1S/C16H12F3NO2S/c1-8-7-9-10(3-4-11(22-2)14(9)17)20(8)16(21)13-6-5-12(23-13)15(18)19/h3-7,15H,1-2H3. The minimum absolute atomic E-state index is 0.0817. The van der Waals surface area contributed by atoms with E-state index in [0.717, 1.165) is 11.3 Å². The largest absolute Gasteiger partial charge is 0.494 e. The van der Waals surface area contributed by atoms with Gasteiger partial charge in [-0.2, -0.15) is 0 Å². The number of thiophene rings is 1. The molecule has 0 unspecified atom stereocenters. The molecule has 2 heterocycles. The Bertz CT molecular complexity index is 898. The lowest BCUT2D eigenvalue weighted by Crippen LogP contribution is -2.11. The number of aromatic nitrogens is 1. The quantitative estimate of drug-likeness (QED) is 0.687. The molecular weight excluding hydrogens is 327 g/mol. The number of aryl methyl sites for hydroxylation is 1. The minimum atomic E-state index is -2.62. The minimum Gasteiger partial charge on any atom is -0.494 e. The SMILES string of the molecule is COc1ccc2c(cc(C)n2C(=O)c2ccc(C(F)F)s2)c1F. The maximum absolute atomic E-state index is 14.3. The number of ether oxygens (including phenoxy) is 1. The van der Waals surface area contributed by atoms with Crippen LogP contribution in [0.3, 0.4) is 0 Å². The van der Waals surface area contributed by atoms with E-state index in [1.54, 1.807) is 13.0 Å². The third-order valence-electron chi connectivity index (χ3n) is 3.54. The highest BCUT2D eigenvalue weighted by molar-refractivity contribution is 7.14. The molecule has 0 amide bonds. The van der Waals surface area contributed by atoms with E-state index in [1.807, 2.05) is 0 Å². The fourth-order valence-corrected chi connectivity index (χ4v) is 3.27. The number of methoxy groups -OCH3 is 1. The Balaban J connectivity index is 2.13. The van der Waals surface area contributed by atoms with Crippen molar-refractivity contribution in [3.05, 3.63) is 51.6 Å². The molecule has 7 heteroatoms. The molecule has 23 heavy (non-hydrogen) atoms. The second-order valence-electron chi connectivity index (χ2n) is 4.94. The zero-order chi connectivity index (χ0) is 16.7. The van der Waals surface area contributed by atoms with Crippen molar-refractivity contribution >= 4 is 28.1 Å². The Morgan fingerprint density at radius 3 is 2.61 bits per heavy atom. The van der Waals surface area contributed by atoms with E-state index >= 15 is 0 Å². The van der Waals surface area contributed by atoms with Crippen LogP contribution in [0.1, 0.15) is 26.7 Å². The van der Waals surface area contributed by atoms with E-state index < -0.39 is 18.1 Å². The van der Waals surface area contributed by atoms with E-state index in [-0.39, 0.29) is 20.9 Å². The van der Waals surface area contributed by atoms with Crippen molar-refractivity contribution in [3.63, 3.8) is 0 Å². The summed E-state index contributed by atoms with van der Waals surface area (Å²) in [4.78, 5) is 12.6. The Kier molecular flexibility index (Phi) is 3.89. The second kappa shape index (κ2) is 5.73. The number of fused-ring (bicyclic) bond motifs is 1. The highest BCUT2D eigenvalue weighted by Crippen LogP contribution is 2.32. The van der Waals surface area contributed by atoms with Crippen LogP contribution in [0.5, 0.6) is 5.75 Å². The van der Waals surface area contributed by atoms with Gasteiger partial charge in [0.05, 0.1) is 22.4 Å². The number of hydrogen-bond donors (Lipinski definition) is 0. The summed E-state index contributed by atoms with van der Waals surface area (Å²) in [5.41, 5.74) is 0.891. The molecule has 0 fully saturated rings. The van der Waals surface area contributed by atoms with Crippen molar-refractivity contribution in [2.24, 2.45) is 0 Å². The molecule has 3 aromatic rings. The Labute approximate surface area is 133 Å². The highest BCUT2D eigenvalue weighted by Gasteiger charge is 2.21. The van der Waals surface area contributed by atoms with Gasteiger partial charge < -0.3 is 4.74 Å². The maximum atomic E-state index is 14.3. The van der Waals surface area contributed by atoms with E-state index in [2.05, 4.69) is 0 Å². The van der Waals surface area contributed by atoms with Gasteiger partial charge in [0, 0.05) is 11.1 Å². The molecule has 0 N–H and O–H groups in total. The van der Waals surface area contributed by atoms with Gasteiger partial charge in [0.2, 0.25) is 0 Å². The average Bonchev–Trinajstić information content (AvgIpc) is 3.12. The summed E-state index contributed by atoms with van der Waals surface area (Å²) >= 11 is 0.738. The zero-order valence-corrected chi connectivity index (χ0v) is 13.1. The number of rotatable bonds is 3. The van der Waals surface area contributed by atoms with E-state index in [1.165, 1.54) is 35.9 Å². The molecule has 0 spiro atoms. The first-order chi connectivity index (χ1) is 10.9. The van der Waals surface area contributed by atoms with Crippen LogP contribution in [0, 0.1) is 12.7 Å². The molecule has 0 aliphatic rings. The van der Waals surface area contributed by atoms with Gasteiger partial charge in [-0.3, -0.25) is 9.36 Å². The van der Waals surface area contributed by atoms with Gasteiger partial charge in [-0.15, -0.1) is 11.3 Å². The number of hydrogen-bond acceptors (Lipinski definition) is 3. The van der Waals surface area contributed by atoms with E-state index in [0.29, 0.717) is 11.2 Å². The van der Waals surface area contributed by atoms with Gasteiger partial charge in [-0.25, -0.2) is 13.2 Å². The number of nitrogens with zero attached hydrogens (tertiary/aromatic N) is 1. The molecule has 3 nitrogen and oxygen atoms in total. The predicted octanol–water partition coefficient (Wildman–Crippen LogP) is 4.79. The lowest BCUT2D eigenvalue weighted by molar-refractivity contribution is 0.0967. The Morgan fingerprint density at radius 1 is 1.26 bits per heavy atom. The molecule has 0 radical (unpaired) electrons. The summed E-state index contributed by atoms with van der Waals surface area (Å²) in [5.74, 6) is -0.934. The first kappa shape index (κ1) is 15.6. The summed E-state index contributed by atoms with van der Waals surface area (Å²) in [6, 6.07) is 7.13. The van der Waals surface area contributed by atoms with Gasteiger partial charge in [0.25, 0.3) is 12.3 Å². The lowest BCUT2D eigenvalue weighted by atomic mass is 10.2. The normalized spacial score (nSPS) is 11.4. The molecule has 0 aliphatic heterocycles. The topological polar surface area (TPSA) is 31.2 Å². The van der Waals surface area contributed by atoms with Crippen LogP contribution in [0.15, 0.2) is 30.3 Å². The molecule has 0 saturated carbocycles. The molecule has 0 saturated heterocycles. The monoisotopic (exact) mass is 339 g/mol. The van der Waals surface area contributed by atoms with Crippen molar-refractivity contribution in [2.45, 2.75) is 13.3 Å². The Morgan fingerprint density at radius 2 is 2.00 bits per heavy atom. The number of carbonyl (C=O) groups excluding carboxylic acids is 1. The summed E-state index contributed by atoms with van der Waals surface area (Å²) in [6.07, 6.45) is -2.62. The number of benzene rings is 1. The zero-order valence-electron chi connectivity index (χ0n) is 12.3. The second-order valence-corrected chi connectivity index (χ2v) is 6.06. The third-order valence-corrected chi connectivity index (χ3v) is 4.62.